The van der Waals surface area contributed by atoms with Crippen molar-refractivity contribution >= 4 is 46.6 Å². The van der Waals surface area contributed by atoms with E-state index in [9.17, 15) is 14.4 Å². The molecule has 1 unspecified atom stereocenters. The van der Waals surface area contributed by atoms with E-state index >= 15 is 0 Å². The van der Waals surface area contributed by atoms with Gasteiger partial charge in [0.15, 0.2) is 0 Å². The molecule has 3 N–H and O–H groups in total. The summed E-state index contributed by atoms with van der Waals surface area (Å²) >= 11 is 12.3. The molecule has 1 saturated heterocycles. The van der Waals surface area contributed by atoms with Gasteiger partial charge in [-0.25, -0.2) is 0 Å². The maximum atomic E-state index is 13.7. The van der Waals surface area contributed by atoms with E-state index in [0.717, 1.165) is 29.8 Å². The number of nitrogens with zero attached hydrogens (tertiary/aromatic N) is 3. The molecular weight excluding hydrogens is 577 g/mol. The Morgan fingerprint density at radius 2 is 1.67 bits per heavy atom. The van der Waals surface area contributed by atoms with Crippen LogP contribution in [0, 0.1) is 0 Å². The van der Waals surface area contributed by atoms with Gasteiger partial charge in [-0.15, -0.1) is 0 Å². The minimum absolute atomic E-state index is 0.0820. The molecule has 0 aliphatic carbocycles. The molecule has 0 bridgehead atoms. The second-order valence-electron chi connectivity index (χ2n) is 10.1. The number of hydrogen-bond donors (Lipinski definition) is 2. The van der Waals surface area contributed by atoms with Crippen LogP contribution in [0.15, 0.2) is 66.7 Å². The molecule has 222 valence electrons. The number of rotatable bonds is 11. The molecule has 1 aliphatic rings. The average molecular weight is 613 g/mol. The number of morpholine rings is 1. The zero-order chi connectivity index (χ0) is 30.2. The van der Waals surface area contributed by atoms with E-state index in [1.165, 1.54) is 0 Å². The van der Waals surface area contributed by atoms with Crippen molar-refractivity contribution in [1.82, 2.24) is 15.1 Å². The Morgan fingerprint density at radius 1 is 0.952 bits per heavy atom. The van der Waals surface area contributed by atoms with Crippen molar-refractivity contribution in [2.45, 2.75) is 6.04 Å². The SMILES string of the molecule is CNC(=O)c1cccc(-c2ccc(C(CN3CCOCC3)N(C)C(=O)CN(CC(N)=O)c3ccc(Cl)c(Cl)c3)cc2)c1. The lowest BCUT2D eigenvalue weighted by molar-refractivity contribution is -0.131. The molecule has 0 aromatic heterocycles. The van der Waals surface area contributed by atoms with E-state index in [2.05, 4.69) is 10.2 Å². The van der Waals surface area contributed by atoms with Crippen molar-refractivity contribution in [3.05, 3.63) is 87.9 Å². The standard InChI is InChI=1S/C31H35Cl2N5O4/c1-35-31(41)24-5-3-4-23(16-24)21-6-8-22(9-7-21)28(18-37-12-14-42-15-13-37)36(2)30(40)20-38(19-29(34)39)25-10-11-26(32)27(33)17-25/h3-11,16-17,28H,12-15,18-20H2,1-2H3,(H2,34,39)(H,35,41). The lowest BCUT2D eigenvalue weighted by atomic mass is 9.98. The highest BCUT2D eigenvalue weighted by Gasteiger charge is 2.27. The summed E-state index contributed by atoms with van der Waals surface area (Å²) in [6, 6.07) is 20.1. The number of amides is 3. The highest BCUT2D eigenvalue weighted by atomic mass is 35.5. The minimum atomic E-state index is -0.572. The lowest BCUT2D eigenvalue weighted by Crippen LogP contribution is -2.47. The Morgan fingerprint density at radius 3 is 2.31 bits per heavy atom. The number of primary amides is 1. The summed E-state index contributed by atoms with van der Waals surface area (Å²) in [6.07, 6.45) is 0. The van der Waals surface area contributed by atoms with Crippen LogP contribution in [-0.2, 0) is 14.3 Å². The van der Waals surface area contributed by atoms with Crippen molar-refractivity contribution in [2.24, 2.45) is 5.73 Å². The van der Waals surface area contributed by atoms with Crippen LogP contribution < -0.4 is 16.0 Å². The summed E-state index contributed by atoms with van der Waals surface area (Å²) in [7, 11) is 3.37. The average Bonchev–Trinajstić information content (AvgIpc) is 3.00. The molecule has 3 aromatic rings. The third-order valence-corrected chi connectivity index (χ3v) is 8.06. The maximum absolute atomic E-state index is 13.7. The van der Waals surface area contributed by atoms with E-state index in [0.29, 0.717) is 41.1 Å². The number of benzene rings is 3. The first-order valence-corrected chi connectivity index (χ1v) is 14.4. The molecule has 3 aromatic carbocycles. The fraction of sp³-hybridized carbons (Fsp3) is 0.323. The largest absolute Gasteiger partial charge is 0.379 e. The Hall–Kier alpha value is -3.63. The molecule has 0 spiro atoms. The van der Waals surface area contributed by atoms with Gasteiger partial charge in [-0.05, 0) is 47.0 Å². The van der Waals surface area contributed by atoms with Crippen molar-refractivity contribution < 1.29 is 19.1 Å². The molecule has 4 rings (SSSR count). The van der Waals surface area contributed by atoms with Crippen LogP contribution >= 0.6 is 23.2 Å². The number of nitrogens with two attached hydrogens (primary N) is 1. The van der Waals surface area contributed by atoms with Gasteiger partial charge in [-0.3, -0.25) is 19.3 Å². The molecule has 1 heterocycles. The van der Waals surface area contributed by atoms with Gasteiger partial charge >= 0.3 is 0 Å². The van der Waals surface area contributed by atoms with E-state index in [1.807, 2.05) is 42.5 Å². The number of hydrogen-bond acceptors (Lipinski definition) is 6. The van der Waals surface area contributed by atoms with Gasteiger partial charge in [0.05, 0.1) is 42.4 Å². The van der Waals surface area contributed by atoms with Crippen LogP contribution in [0.5, 0.6) is 0 Å². The summed E-state index contributed by atoms with van der Waals surface area (Å²) in [5.41, 5.74) is 9.49. The topological polar surface area (TPSA) is 108 Å². The number of carbonyl (C=O) groups excluding carboxylic acids is 3. The zero-order valence-electron chi connectivity index (χ0n) is 23.7. The smallest absolute Gasteiger partial charge is 0.251 e. The lowest BCUT2D eigenvalue weighted by Gasteiger charge is -2.36. The van der Waals surface area contributed by atoms with Crippen LogP contribution in [0.1, 0.15) is 22.0 Å². The van der Waals surface area contributed by atoms with E-state index in [-0.39, 0.29) is 30.9 Å². The van der Waals surface area contributed by atoms with E-state index < -0.39 is 5.91 Å². The molecule has 1 aliphatic heterocycles. The van der Waals surface area contributed by atoms with Gasteiger partial charge in [-0.2, -0.15) is 0 Å². The van der Waals surface area contributed by atoms with Gasteiger partial charge in [0.2, 0.25) is 11.8 Å². The molecule has 0 radical (unpaired) electrons. The van der Waals surface area contributed by atoms with Crippen molar-refractivity contribution in [3.8, 4) is 11.1 Å². The Labute approximate surface area is 256 Å². The molecule has 1 atom stereocenters. The quantitative estimate of drug-likeness (QED) is 0.341. The number of anilines is 1. The van der Waals surface area contributed by atoms with Crippen LogP contribution in [0.25, 0.3) is 11.1 Å². The van der Waals surface area contributed by atoms with Gasteiger partial charge < -0.3 is 25.6 Å². The Balaban J connectivity index is 1.59. The molecule has 42 heavy (non-hydrogen) atoms. The van der Waals surface area contributed by atoms with Gasteiger partial charge in [0.25, 0.3) is 5.91 Å². The second-order valence-corrected chi connectivity index (χ2v) is 11.0. The summed E-state index contributed by atoms with van der Waals surface area (Å²) in [6.45, 7) is 3.17. The zero-order valence-corrected chi connectivity index (χ0v) is 25.2. The second kappa shape index (κ2) is 14.5. The summed E-state index contributed by atoms with van der Waals surface area (Å²) in [4.78, 5) is 43.3. The Kier molecular flexibility index (Phi) is 10.8. The molecule has 11 heteroatoms. The van der Waals surface area contributed by atoms with Gasteiger partial charge in [0, 0.05) is 45.0 Å². The first-order valence-electron chi connectivity index (χ1n) is 13.6. The third-order valence-electron chi connectivity index (χ3n) is 7.32. The minimum Gasteiger partial charge on any atom is -0.379 e. The van der Waals surface area contributed by atoms with Crippen LogP contribution in [-0.4, -0.2) is 87.6 Å². The summed E-state index contributed by atoms with van der Waals surface area (Å²) in [5, 5.41) is 3.34. The predicted molar refractivity (Wildman–Crippen MR) is 166 cm³/mol. The third kappa shape index (κ3) is 8.01. The normalized spacial score (nSPS) is 14.2. The summed E-state index contributed by atoms with van der Waals surface area (Å²) < 4.78 is 5.53. The predicted octanol–water partition coefficient (Wildman–Crippen LogP) is 3.84. The fourth-order valence-corrected chi connectivity index (χ4v) is 5.21. The fourth-order valence-electron chi connectivity index (χ4n) is 4.92. The van der Waals surface area contributed by atoms with Gasteiger partial charge in [-0.1, -0.05) is 59.6 Å². The van der Waals surface area contributed by atoms with E-state index in [1.54, 1.807) is 48.2 Å². The van der Waals surface area contributed by atoms with E-state index in [4.69, 9.17) is 33.7 Å². The number of carbonyl (C=O) groups is 3. The van der Waals surface area contributed by atoms with Crippen LogP contribution in [0.2, 0.25) is 10.0 Å². The molecule has 0 saturated carbocycles. The van der Waals surface area contributed by atoms with Crippen molar-refractivity contribution in [3.63, 3.8) is 0 Å². The van der Waals surface area contributed by atoms with Crippen molar-refractivity contribution in [1.29, 1.82) is 0 Å². The molecule has 3 amide bonds. The number of ether oxygens (including phenoxy) is 1. The molecule has 1 fully saturated rings. The maximum Gasteiger partial charge on any atom is 0.251 e. The number of halogens is 2. The first-order chi connectivity index (χ1) is 20.2. The summed E-state index contributed by atoms with van der Waals surface area (Å²) in [5.74, 6) is -0.911. The number of nitrogens with one attached hydrogen (secondary N) is 1. The highest BCUT2D eigenvalue weighted by Crippen LogP contribution is 2.29. The van der Waals surface area contributed by atoms with Gasteiger partial charge in [0.1, 0.15) is 0 Å². The number of likely N-dealkylation sites (N-methyl/N-ethyl adjacent to an activating group) is 1. The van der Waals surface area contributed by atoms with Crippen LogP contribution in [0.4, 0.5) is 5.69 Å². The van der Waals surface area contributed by atoms with Crippen molar-refractivity contribution in [2.75, 3.05) is 64.9 Å². The molecule has 9 nitrogen and oxygen atoms in total. The highest BCUT2D eigenvalue weighted by molar-refractivity contribution is 6.42. The van der Waals surface area contributed by atoms with Crippen LogP contribution in [0.3, 0.4) is 0 Å². The first kappa shape index (κ1) is 31.3. The molecular formula is C31H35Cl2N5O4. The monoisotopic (exact) mass is 611 g/mol. The Bertz CT molecular complexity index is 1410.